The molecular weight excluding hydrogens is 324 g/mol. The summed E-state index contributed by atoms with van der Waals surface area (Å²) >= 11 is 3.20. The summed E-state index contributed by atoms with van der Waals surface area (Å²) in [6.45, 7) is 0.561. The highest BCUT2D eigenvalue weighted by molar-refractivity contribution is 9.08. The minimum Gasteiger partial charge on any atom is -0.370 e. The van der Waals surface area contributed by atoms with E-state index in [0.717, 1.165) is 12.0 Å². The molecule has 2 aromatic rings. The first-order valence-corrected chi connectivity index (χ1v) is 7.53. The fourth-order valence-electron chi connectivity index (χ4n) is 2.11. The molecule has 0 radical (unpaired) electrons. The number of halogens is 3. The standard InChI is InChI=1S/C16H16BrF2N/c1-20(8-7-12-5-3-2-4-6-12)16-14(18)9-13(11-17)10-15(16)19/h2-6,9-10H,7-8,11H2,1H3. The molecule has 0 amide bonds. The second-order valence-corrected chi connectivity index (χ2v) is 5.26. The highest BCUT2D eigenvalue weighted by Crippen LogP contribution is 2.25. The van der Waals surface area contributed by atoms with Crippen molar-refractivity contribution in [2.75, 3.05) is 18.5 Å². The Bertz CT molecular complexity index is 549. The van der Waals surface area contributed by atoms with Crippen LogP contribution in [0.2, 0.25) is 0 Å². The van der Waals surface area contributed by atoms with Crippen molar-refractivity contribution in [3.05, 3.63) is 65.2 Å². The van der Waals surface area contributed by atoms with E-state index in [-0.39, 0.29) is 5.69 Å². The Hall–Kier alpha value is -1.42. The first kappa shape index (κ1) is 15.0. The molecule has 0 aliphatic rings. The van der Waals surface area contributed by atoms with Gasteiger partial charge in [-0.2, -0.15) is 0 Å². The van der Waals surface area contributed by atoms with E-state index in [0.29, 0.717) is 17.4 Å². The van der Waals surface area contributed by atoms with Crippen LogP contribution in [-0.4, -0.2) is 13.6 Å². The zero-order valence-corrected chi connectivity index (χ0v) is 12.8. The number of likely N-dealkylation sites (N-methyl/N-ethyl adjacent to an activating group) is 1. The topological polar surface area (TPSA) is 3.24 Å². The van der Waals surface area contributed by atoms with E-state index in [1.54, 1.807) is 11.9 Å². The lowest BCUT2D eigenvalue weighted by Gasteiger charge is -2.21. The van der Waals surface area contributed by atoms with Crippen molar-refractivity contribution in [2.45, 2.75) is 11.8 Å². The van der Waals surface area contributed by atoms with Crippen LogP contribution in [-0.2, 0) is 11.8 Å². The second-order valence-electron chi connectivity index (χ2n) is 4.70. The summed E-state index contributed by atoms with van der Waals surface area (Å²) < 4.78 is 27.9. The molecule has 1 nitrogen and oxygen atoms in total. The number of benzene rings is 2. The van der Waals surface area contributed by atoms with Gasteiger partial charge in [0.05, 0.1) is 0 Å². The van der Waals surface area contributed by atoms with Crippen molar-refractivity contribution in [2.24, 2.45) is 0 Å². The van der Waals surface area contributed by atoms with Gasteiger partial charge in [-0.05, 0) is 29.7 Å². The predicted octanol–water partition coefficient (Wildman–Crippen LogP) is 4.54. The van der Waals surface area contributed by atoms with Crippen LogP contribution in [0.25, 0.3) is 0 Å². The van der Waals surface area contributed by atoms with Crippen LogP contribution >= 0.6 is 15.9 Å². The molecule has 0 bridgehead atoms. The molecule has 0 fully saturated rings. The van der Waals surface area contributed by atoms with Crippen LogP contribution < -0.4 is 4.90 Å². The van der Waals surface area contributed by atoms with Crippen molar-refractivity contribution >= 4 is 21.6 Å². The molecule has 20 heavy (non-hydrogen) atoms. The molecule has 0 aliphatic carbocycles. The third kappa shape index (κ3) is 3.57. The van der Waals surface area contributed by atoms with Crippen molar-refractivity contribution in [3.8, 4) is 0 Å². The van der Waals surface area contributed by atoms with E-state index < -0.39 is 11.6 Å². The highest BCUT2D eigenvalue weighted by Gasteiger charge is 2.15. The van der Waals surface area contributed by atoms with Gasteiger partial charge in [-0.1, -0.05) is 46.3 Å². The van der Waals surface area contributed by atoms with Gasteiger partial charge in [0.1, 0.15) is 17.3 Å². The molecule has 0 atom stereocenters. The quantitative estimate of drug-likeness (QED) is 0.723. The molecule has 0 unspecified atom stereocenters. The summed E-state index contributed by atoms with van der Waals surface area (Å²) in [6.07, 6.45) is 0.746. The van der Waals surface area contributed by atoms with Crippen molar-refractivity contribution in [1.29, 1.82) is 0 Å². The summed E-state index contributed by atoms with van der Waals surface area (Å²) in [4.78, 5) is 1.62. The lowest BCUT2D eigenvalue weighted by molar-refractivity contribution is 0.575. The summed E-state index contributed by atoms with van der Waals surface area (Å²) in [5.74, 6) is -1.04. The lowest BCUT2D eigenvalue weighted by Crippen LogP contribution is -2.22. The summed E-state index contributed by atoms with van der Waals surface area (Å²) in [5.41, 5.74) is 1.78. The van der Waals surface area contributed by atoms with Gasteiger partial charge in [0.15, 0.2) is 0 Å². The normalized spacial score (nSPS) is 10.6. The molecule has 0 aliphatic heterocycles. The van der Waals surface area contributed by atoms with Gasteiger partial charge in [-0.25, -0.2) is 8.78 Å². The molecule has 0 saturated heterocycles. The Morgan fingerprint density at radius 2 is 1.60 bits per heavy atom. The average molecular weight is 340 g/mol. The largest absolute Gasteiger partial charge is 0.370 e. The smallest absolute Gasteiger partial charge is 0.149 e. The van der Waals surface area contributed by atoms with Gasteiger partial charge < -0.3 is 4.90 Å². The van der Waals surface area contributed by atoms with Gasteiger partial charge in [-0.3, -0.25) is 0 Å². The SMILES string of the molecule is CN(CCc1ccccc1)c1c(F)cc(CBr)cc1F. The summed E-state index contributed by atoms with van der Waals surface area (Å²) in [5, 5.41) is 0.439. The van der Waals surface area contributed by atoms with Gasteiger partial charge >= 0.3 is 0 Å². The minimum atomic E-state index is -0.519. The zero-order chi connectivity index (χ0) is 14.5. The maximum Gasteiger partial charge on any atom is 0.149 e. The molecule has 0 N–H and O–H groups in total. The number of hydrogen-bond acceptors (Lipinski definition) is 1. The maximum absolute atomic E-state index is 14.0. The van der Waals surface area contributed by atoms with E-state index in [1.807, 2.05) is 30.3 Å². The van der Waals surface area contributed by atoms with E-state index in [4.69, 9.17) is 0 Å². The Morgan fingerprint density at radius 3 is 2.15 bits per heavy atom. The van der Waals surface area contributed by atoms with Crippen LogP contribution in [0.4, 0.5) is 14.5 Å². The Morgan fingerprint density at radius 1 is 1.00 bits per heavy atom. The van der Waals surface area contributed by atoms with Gasteiger partial charge in [0, 0.05) is 18.9 Å². The maximum atomic E-state index is 14.0. The van der Waals surface area contributed by atoms with E-state index in [1.165, 1.54) is 12.1 Å². The van der Waals surface area contributed by atoms with Gasteiger partial charge in [0.25, 0.3) is 0 Å². The first-order chi connectivity index (χ1) is 9.61. The highest BCUT2D eigenvalue weighted by atomic mass is 79.9. The number of nitrogens with zero attached hydrogens (tertiary/aromatic N) is 1. The number of alkyl halides is 1. The van der Waals surface area contributed by atoms with E-state index in [9.17, 15) is 8.78 Å². The van der Waals surface area contributed by atoms with Crippen LogP contribution in [0.15, 0.2) is 42.5 Å². The van der Waals surface area contributed by atoms with E-state index in [2.05, 4.69) is 15.9 Å². The van der Waals surface area contributed by atoms with Crippen molar-refractivity contribution in [3.63, 3.8) is 0 Å². The van der Waals surface area contributed by atoms with Crippen LogP contribution in [0.1, 0.15) is 11.1 Å². The molecule has 106 valence electrons. The fraction of sp³-hybridized carbons (Fsp3) is 0.250. The number of hydrogen-bond donors (Lipinski definition) is 0. The molecule has 0 heterocycles. The fourth-order valence-corrected chi connectivity index (χ4v) is 2.44. The molecule has 0 spiro atoms. The molecule has 4 heteroatoms. The van der Waals surface area contributed by atoms with Crippen LogP contribution in [0.3, 0.4) is 0 Å². The van der Waals surface area contributed by atoms with E-state index >= 15 is 0 Å². The third-order valence-electron chi connectivity index (χ3n) is 3.19. The molecule has 0 aromatic heterocycles. The predicted molar refractivity (Wildman–Crippen MR) is 82.4 cm³/mol. The second kappa shape index (κ2) is 6.84. The minimum absolute atomic E-state index is 0.0330. The number of anilines is 1. The molecule has 2 aromatic carbocycles. The summed E-state index contributed by atoms with van der Waals surface area (Å²) in [6, 6.07) is 12.6. The van der Waals surface area contributed by atoms with Gasteiger partial charge in [0.2, 0.25) is 0 Å². The Kier molecular flexibility index (Phi) is 5.12. The van der Waals surface area contributed by atoms with Gasteiger partial charge in [-0.15, -0.1) is 0 Å². The summed E-state index contributed by atoms with van der Waals surface area (Å²) in [7, 11) is 1.71. The Balaban J connectivity index is 2.11. The third-order valence-corrected chi connectivity index (χ3v) is 3.84. The van der Waals surface area contributed by atoms with Crippen molar-refractivity contribution < 1.29 is 8.78 Å². The zero-order valence-electron chi connectivity index (χ0n) is 11.2. The lowest BCUT2D eigenvalue weighted by atomic mass is 10.1. The molecule has 2 rings (SSSR count). The molecule has 0 saturated carbocycles. The number of rotatable bonds is 5. The molecular formula is C16H16BrF2N. The first-order valence-electron chi connectivity index (χ1n) is 6.40. The average Bonchev–Trinajstić information content (AvgIpc) is 2.45. The van der Waals surface area contributed by atoms with Crippen LogP contribution in [0.5, 0.6) is 0 Å². The monoisotopic (exact) mass is 339 g/mol. The van der Waals surface area contributed by atoms with Crippen LogP contribution in [0, 0.1) is 11.6 Å². The Labute approximate surface area is 126 Å². The van der Waals surface area contributed by atoms with Crippen molar-refractivity contribution in [1.82, 2.24) is 0 Å².